The molecule has 5 nitrogen and oxygen atoms in total. The highest BCUT2D eigenvalue weighted by molar-refractivity contribution is 5.80. The van der Waals surface area contributed by atoms with Crippen molar-refractivity contribution in [1.82, 2.24) is 10.6 Å². The molecular weight excluding hydrogens is 244 g/mol. The first-order chi connectivity index (χ1) is 8.85. The van der Waals surface area contributed by atoms with Gasteiger partial charge in [-0.25, -0.2) is 0 Å². The molecule has 0 aliphatic heterocycles. The Morgan fingerprint density at radius 3 is 2.37 bits per heavy atom. The Bertz CT molecular complexity index is 321. The zero-order valence-corrected chi connectivity index (χ0v) is 12.2. The quantitative estimate of drug-likeness (QED) is 0.681. The molecule has 0 aromatic carbocycles. The standard InChI is InChI=1S/C14H26N2O3/c1-10(2)15-8-12(17)16-9-14(13(18)19)6-4-11(3)5-7-14/h10-11,15H,4-9H2,1-3H3,(H,16,17)(H,18,19). The van der Waals surface area contributed by atoms with Crippen molar-refractivity contribution in [2.75, 3.05) is 13.1 Å². The highest BCUT2D eigenvalue weighted by atomic mass is 16.4. The van der Waals surface area contributed by atoms with E-state index in [0.717, 1.165) is 12.8 Å². The molecule has 1 aliphatic carbocycles. The van der Waals surface area contributed by atoms with Gasteiger partial charge in [-0.2, -0.15) is 0 Å². The molecule has 1 fully saturated rings. The van der Waals surface area contributed by atoms with E-state index in [1.165, 1.54) is 0 Å². The van der Waals surface area contributed by atoms with Gasteiger partial charge in [-0.3, -0.25) is 9.59 Å². The third-order valence-corrected chi connectivity index (χ3v) is 3.98. The summed E-state index contributed by atoms with van der Waals surface area (Å²) in [6.45, 7) is 6.57. The molecular formula is C14H26N2O3. The van der Waals surface area contributed by atoms with E-state index in [1.807, 2.05) is 13.8 Å². The number of amides is 1. The molecule has 1 rings (SSSR count). The molecule has 1 aliphatic rings. The van der Waals surface area contributed by atoms with E-state index in [9.17, 15) is 14.7 Å². The Hall–Kier alpha value is -1.10. The van der Waals surface area contributed by atoms with E-state index in [0.29, 0.717) is 18.8 Å². The van der Waals surface area contributed by atoms with Gasteiger partial charge in [0.05, 0.1) is 12.0 Å². The molecule has 0 saturated heterocycles. The predicted molar refractivity (Wildman–Crippen MR) is 73.8 cm³/mol. The highest BCUT2D eigenvalue weighted by Crippen LogP contribution is 2.38. The summed E-state index contributed by atoms with van der Waals surface area (Å²) in [5.74, 6) is -0.324. The van der Waals surface area contributed by atoms with Gasteiger partial charge in [0, 0.05) is 12.6 Å². The number of aliphatic carboxylic acids is 1. The molecule has 0 heterocycles. The van der Waals surface area contributed by atoms with E-state index in [1.54, 1.807) is 0 Å². The predicted octanol–water partition coefficient (Wildman–Crippen LogP) is 1.38. The van der Waals surface area contributed by atoms with Crippen LogP contribution in [0.4, 0.5) is 0 Å². The van der Waals surface area contributed by atoms with Crippen molar-refractivity contribution < 1.29 is 14.7 Å². The van der Waals surface area contributed by atoms with Crippen LogP contribution < -0.4 is 10.6 Å². The summed E-state index contributed by atoms with van der Waals surface area (Å²) in [5, 5.41) is 15.2. The molecule has 0 aromatic heterocycles. The molecule has 5 heteroatoms. The maximum absolute atomic E-state index is 11.7. The molecule has 1 amide bonds. The van der Waals surface area contributed by atoms with Gasteiger partial charge in [0.1, 0.15) is 0 Å². The topological polar surface area (TPSA) is 78.4 Å². The third-order valence-electron chi connectivity index (χ3n) is 3.98. The van der Waals surface area contributed by atoms with Crippen LogP contribution >= 0.6 is 0 Å². The number of carboxylic acids is 1. The zero-order chi connectivity index (χ0) is 14.5. The lowest BCUT2D eigenvalue weighted by molar-refractivity contribution is -0.151. The summed E-state index contributed by atoms with van der Waals surface area (Å²) in [5.41, 5.74) is -0.764. The van der Waals surface area contributed by atoms with Crippen molar-refractivity contribution in [2.45, 2.75) is 52.5 Å². The molecule has 19 heavy (non-hydrogen) atoms. The molecule has 0 atom stereocenters. The molecule has 3 N–H and O–H groups in total. The van der Waals surface area contributed by atoms with Gasteiger partial charge in [-0.1, -0.05) is 20.8 Å². The summed E-state index contributed by atoms with van der Waals surface area (Å²) in [7, 11) is 0. The second-order valence-electron chi connectivity index (χ2n) is 6.08. The highest BCUT2D eigenvalue weighted by Gasteiger charge is 2.41. The number of hydrogen-bond acceptors (Lipinski definition) is 3. The Kier molecular flexibility index (Phi) is 5.79. The van der Waals surface area contributed by atoms with Crippen LogP contribution in [0.3, 0.4) is 0 Å². The van der Waals surface area contributed by atoms with Crippen molar-refractivity contribution in [3.8, 4) is 0 Å². The van der Waals surface area contributed by atoms with Crippen LogP contribution in [-0.2, 0) is 9.59 Å². The Morgan fingerprint density at radius 1 is 1.32 bits per heavy atom. The van der Waals surface area contributed by atoms with E-state index in [-0.39, 0.29) is 25.0 Å². The number of carboxylic acid groups (broad SMARTS) is 1. The Labute approximate surface area is 115 Å². The first kappa shape index (κ1) is 16.0. The van der Waals surface area contributed by atoms with Gasteiger partial charge in [0.15, 0.2) is 0 Å². The van der Waals surface area contributed by atoms with E-state index in [2.05, 4.69) is 17.6 Å². The first-order valence-electron chi connectivity index (χ1n) is 7.09. The normalized spacial score (nSPS) is 27.3. The lowest BCUT2D eigenvalue weighted by Crippen LogP contribution is -2.47. The van der Waals surface area contributed by atoms with Crippen molar-refractivity contribution in [3.63, 3.8) is 0 Å². The molecule has 1 saturated carbocycles. The number of hydrogen-bond donors (Lipinski definition) is 3. The number of nitrogens with one attached hydrogen (secondary N) is 2. The second-order valence-corrected chi connectivity index (χ2v) is 6.08. The fraction of sp³-hybridized carbons (Fsp3) is 0.857. The fourth-order valence-electron chi connectivity index (χ4n) is 2.41. The van der Waals surface area contributed by atoms with Gasteiger partial charge in [0.25, 0.3) is 0 Å². The maximum atomic E-state index is 11.7. The molecule has 0 aromatic rings. The fourth-order valence-corrected chi connectivity index (χ4v) is 2.41. The second kappa shape index (κ2) is 6.89. The summed E-state index contributed by atoms with van der Waals surface area (Å²) in [6, 6.07) is 0.245. The summed E-state index contributed by atoms with van der Waals surface area (Å²) in [6.07, 6.45) is 3.15. The van der Waals surface area contributed by atoms with Gasteiger partial charge < -0.3 is 15.7 Å². The van der Waals surface area contributed by atoms with Crippen LogP contribution in [0, 0.1) is 11.3 Å². The molecule has 0 bridgehead atoms. The van der Waals surface area contributed by atoms with Gasteiger partial charge in [-0.05, 0) is 31.6 Å². The largest absolute Gasteiger partial charge is 0.481 e. The van der Waals surface area contributed by atoms with Crippen LogP contribution in [0.25, 0.3) is 0 Å². The Morgan fingerprint density at radius 2 is 1.89 bits per heavy atom. The third kappa shape index (κ3) is 4.82. The van der Waals surface area contributed by atoms with Crippen LogP contribution in [0.2, 0.25) is 0 Å². The Balaban J connectivity index is 2.46. The first-order valence-corrected chi connectivity index (χ1v) is 7.09. The summed E-state index contributed by atoms with van der Waals surface area (Å²) < 4.78 is 0. The molecule has 0 spiro atoms. The maximum Gasteiger partial charge on any atom is 0.311 e. The van der Waals surface area contributed by atoms with E-state index >= 15 is 0 Å². The molecule has 0 unspecified atom stereocenters. The lowest BCUT2D eigenvalue weighted by Gasteiger charge is -2.35. The van der Waals surface area contributed by atoms with Crippen LogP contribution in [0.5, 0.6) is 0 Å². The van der Waals surface area contributed by atoms with Crippen LogP contribution in [0.1, 0.15) is 46.5 Å². The van der Waals surface area contributed by atoms with Crippen molar-refractivity contribution in [3.05, 3.63) is 0 Å². The van der Waals surface area contributed by atoms with Gasteiger partial charge >= 0.3 is 5.97 Å². The van der Waals surface area contributed by atoms with Crippen LogP contribution in [0.15, 0.2) is 0 Å². The van der Waals surface area contributed by atoms with E-state index < -0.39 is 11.4 Å². The van der Waals surface area contributed by atoms with Crippen molar-refractivity contribution >= 4 is 11.9 Å². The minimum atomic E-state index is -0.781. The monoisotopic (exact) mass is 270 g/mol. The summed E-state index contributed by atoms with van der Waals surface area (Å²) in [4.78, 5) is 23.1. The van der Waals surface area contributed by atoms with Gasteiger partial charge in [-0.15, -0.1) is 0 Å². The number of carbonyl (C=O) groups excluding carboxylic acids is 1. The zero-order valence-electron chi connectivity index (χ0n) is 12.2. The SMILES string of the molecule is CC1CCC(CNC(=O)CNC(C)C)(C(=O)O)CC1. The molecule has 110 valence electrons. The molecule has 0 radical (unpaired) electrons. The average molecular weight is 270 g/mol. The summed E-state index contributed by atoms with van der Waals surface area (Å²) >= 11 is 0. The minimum Gasteiger partial charge on any atom is -0.481 e. The lowest BCUT2D eigenvalue weighted by atomic mass is 9.71. The van der Waals surface area contributed by atoms with Crippen molar-refractivity contribution in [2.24, 2.45) is 11.3 Å². The van der Waals surface area contributed by atoms with E-state index in [4.69, 9.17) is 0 Å². The average Bonchev–Trinajstić information content (AvgIpc) is 2.35. The number of rotatable bonds is 6. The smallest absolute Gasteiger partial charge is 0.311 e. The van der Waals surface area contributed by atoms with Crippen LogP contribution in [-0.4, -0.2) is 36.1 Å². The van der Waals surface area contributed by atoms with Gasteiger partial charge in [0.2, 0.25) is 5.91 Å². The van der Waals surface area contributed by atoms with Crippen molar-refractivity contribution in [1.29, 1.82) is 0 Å². The minimum absolute atomic E-state index is 0.132. The number of carbonyl (C=O) groups is 2.